The average molecular weight is 292 g/mol. The molecule has 0 aromatic heterocycles. The van der Waals surface area contributed by atoms with Crippen molar-refractivity contribution in [3.63, 3.8) is 0 Å². The van der Waals surface area contributed by atoms with Gasteiger partial charge in [0.05, 0.1) is 13.5 Å². The highest BCUT2D eigenvalue weighted by molar-refractivity contribution is 5.76. The molecular formula is C15H20N2O4. The number of hydrogen-bond donors (Lipinski definition) is 2. The van der Waals surface area contributed by atoms with Crippen molar-refractivity contribution in [2.45, 2.75) is 31.8 Å². The first kappa shape index (κ1) is 15.2. The number of carbonyl (C=O) groups is 2. The van der Waals surface area contributed by atoms with E-state index in [1.807, 2.05) is 24.3 Å². The molecule has 0 radical (unpaired) electrons. The first-order chi connectivity index (χ1) is 10.1. The van der Waals surface area contributed by atoms with Crippen LogP contribution in [0.25, 0.3) is 0 Å². The number of hydrogen-bond acceptors (Lipinski definition) is 3. The molecule has 1 aliphatic carbocycles. The Morgan fingerprint density at radius 2 is 2.00 bits per heavy atom. The van der Waals surface area contributed by atoms with Crippen molar-refractivity contribution in [1.29, 1.82) is 0 Å². The number of aliphatic carboxylic acids is 1. The van der Waals surface area contributed by atoms with E-state index in [9.17, 15) is 9.59 Å². The molecule has 0 atom stereocenters. The Hall–Kier alpha value is -2.24. The Labute approximate surface area is 123 Å². The number of rotatable bonds is 7. The Morgan fingerprint density at radius 1 is 1.33 bits per heavy atom. The maximum absolute atomic E-state index is 12.1. The van der Waals surface area contributed by atoms with Gasteiger partial charge in [0.1, 0.15) is 5.75 Å². The molecule has 0 aliphatic heterocycles. The normalized spacial score (nSPS) is 13.6. The van der Waals surface area contributed by atoms with Crippen LogP contribution in [0.1, 0.15) is 24.8 Å². The van der Waals surface area contributed by atoms with Gasteiger partial charge < -0.3 is 20.1 Å². The van der Waals surface area contributed by atoms with Gasteiger partial charge in [0.2, 0.25) is 0 Å². The predicted molar refractivity (Wildman–Crippen MR) is 77.2 cm³/mol. The SMILES string of the molecule is COc1ccc(CN(C(=O)NCCC(=O)O)C2CC2)cc1. The molecule has 1 saturated carbocycles. The lowest BCUT2D eigenvalue weighted by molar-refractivity contribution is -0.136. The van der Waals surface area contributed by atoms with E-state index in [-0.39, 0.29) is 25.0 Å². The van der Waals surface area contributed by atoms with Crippen LogP contribution in [0, 0.1) is 0 Å². The van der Waals surface area contributed by atoms with Crippen LogP contribution >= 0.6 is 0 Å². The van der Waals surface area contributed by atoms with Crippen molar-refractivity contribution in [2.24, 2.45) is 0 Å². The minimum atomic E-state index is -0.913. The van der Waals surface area contributed by atoms with E-state index in [0.29, 0.717) is 6.54 Å². The van der Waals surface area contributed by atoms with Gasteiger partial charge in [0, 0.05) is 19.1 Å². The van der Waals surface area contributed by atoms with Gasteiger partial charge in [-0.15, -0.1) is 0 Å². The summed E-state index contributed by atoms with van der Waals surface area (Å²) in [5.41, 5.74) is 1.02. The number of carboxylic acids is 1. The van der Waals surface area contributed by atoms with E-state index in [1.165, 1.54) is 0 Å². The van der Waals surface area contributed by atoms with Gasteiger partial charge in [-0.3, -0.25) is 4.79 Å². The van der Waals surface area contributed by atoms with Crippen LogP contribution in [0.15, 0.2) is 24.3 Å². The van der Waals surface area contributed by atoms with Crippen molar-refractivity contribution >= 4 is 12.0 Å². The Kier molecular flexibility index (Phi) is 5.03. The Morgan fingerprint density at radius 3 is 2.52 bits per heavy atom. The van der Waals surface area contributed by atoms with E-state index < -0.39 is 5.97 Å². The lowest BCUT2D eigenvalue weighted by Crippen LogP contribution is -2.41. The fraction of sp³-hybridized carbons (Fsp3) is 0.467. The summed E-state index contributed by atoms with van der Waals surface area (Å²) in [5, 5.41) is 11.3. The number of carbonyl (C=O) groups excluding carboxylic acids is 1. The summed E-state index contributed by atoms with van der Waals surface area (Å²) in [5.74, 6) is -0.133. The second kappa shape index (κ2) is 6.97. The van der Waals surface area contributed by atoms with E-state index in [1.54, 1.807) is 12.0 Å². The van der Waals surface area contributed by atoms with Crippen LogP contribution in [0.5, 0.6) is 5.75 Å². The molecule has 1 aromatic carbocycles. The average Bonchev–Trinajstić information content (AvgIpc) is 3.29. The summed E-state index contributed by atoms with van der Waals surface area (Å²) in [6.45, 7) is 0.674. The molecule has 1 aromatic rings. The highest BCUT2D eigenvalue weighted by Gasteiger charge is 2.32. The number of ether oxygens (including phenoxy) is 1. The van der Waals surface area contributed by atoms with Gasteiger partial charge in [-0.1, -0.05) is 12.1 Å². The zero-order valence-electron chi connectivity index (χ0n) is 12.0. The standard InChI is InChI=1S/C15H20N2O4/c1-21-13-6-2-11(3-7-13)10-17(12-4-5-12)15(20)16-9-8-14(18)19/h2-3,6-7,12H,4-5,8-10H2,1H3,(H,16,20)(H,18,19). The third-order valence-corrected chi connectivity index (χ3v) is 3.38. The first-order valence-electron chi connectivity index (χ1n) is 6.99. The van der Waals surface area contributed by atoms with E-state index in [0.717, 1.165) is 24.2 Å². The summed E-state index contributed by atoms with van der Waals surface area (Å²) >= 11 is 0. The number of methoxy groups -OCH3 is 1. The number of nitrogens with one attached hydrogen (secondary N) is 1. The fourth-order valence-electron chi connectivity index (χ4n) is 2.06. The largest absolute Gasteiger partial charge is 0.497 e. The van der Waals surface area contributed by atoms with Gasteiger partial charge in [-0.25, -0.2) is 4.79 Å². The highest BCUT2D eigenvalue weighted by Crippen LogP contribution is 2.28. The highest BCUT2D eigenvalue weighted by atomic mass is 16.5. The molecule has 0 saturated heterocycles. The number of carboxylic acid groups (broad SMARTS) is 1. The van der Waals surface area contributed by atoms with Crippen molar-refractivity contribution in [3.8, 4) is 5.75 Å². The van der Waals surface area contributed by atoms with Crippen LogP contribution in [0.4, 0.5) is 4.79 Å². The smallest absolute Gasteiger partial charge is 0.317 e. The van der Waals surface area contributed by atoms with Crippen LogP contribution < -0.4 is 10.1 Å². The number of urea groups is 1. The zero-order valence-corrected chi connectivity index (χ0v) is 12.0. The fourth-order valence-corrected chi connectivity index (χ4v) is 2.06. The molecule has 114 valence electrons. The number of amides is 2. The van der Waals surface area contributed by atoms with Crippen LogP contribution in [-0.4, -0.2) is 41.7 Å². The Balaban J connectivity index is 1.91. The lowest BCUT2D eigenvalue weighted by Gasteiger charge is -2.23. The molecule has 0 spiro atoms. The number of benzene rings is 1. The predicted octanol–water partition coefficient (Wildman–Crippen LogP) is 1.84. The van der Waals surface area contributed by atoms with Gasteiger partial charge in [0.15, 0.2) is 0 Å². The van der Waals surface area contributed by atoms with Gasteiger partial charge in [0.25, 0.3) is 0 Å². The van der Waals surface area contributed by atoms with Gasteiger partial charge in [-0.05, 0) is 30.5 Å². The zero-order chi connectivity index (χ0) is 15.2. The molecule has 2 amide bonds. The third kappa shape index (κ3) is 4.66. The maximum Gasteiger partial charge on any atom is 0.317 e. The van der Waals surface area contributed by atoms with E-state index >= 15 is 0 Å². The molecule has 1 aliphatic rings. The summed E-state index contributed by atoms with van der Waals surface area (Å²) < 4.78 is 5.11. The molecule has 6 heteroatoms. The van der Waals surface area contributed by atoms with Crippen LogP contribution in [0.3, 0.4) is 0 Å². The second-order valence-corrected chi connectivity index (χ2v) is 5.08. The molecule has 0 unspecified atom stereocenters. The van der Waals surface area contributed by atoms with E-state index in [2.05, 4.69) is 5.32 Å². The molecular weight excluding hydrogens is 272 g/mol. The monoisotopic (exact) mass is 292 g/mol. The maximum atomic E-state index is 12.1. The van der Waals surface area contributed by atoms with Gasteiger partial charge in [-0.2, -0.15) is 0 Å². The summed E-state index contributed by atoms with van der Waals surface area (Å²) in [4.78, 5) is 24.4. The molecule has 21 heavy (non-hydrogen) atoms. The molecule has 1 fully saturated rings. The minimum absolute atomic E-state index is 0.0627. The minimum Gasteiger partial charge on any atom is -0.497 e. The summed E-state index contributed by atoms with van der Waals surface area (Å²) in [7, 11) is 1.61. The van der Waals surface area contributed by atoms with Crippen molar-refractivity contribution < 1.29 is 19.4 Å². The third-order valence-electron chi connectivity index (χ3n) is 3.38. The van der Waals surface area contributed by atoms with Gasteiger partial charge >= 0.3 is 12.0 Å². The van der Waals surface area contributed by atoms with Crippen molar-refractivity contribution in [1.82, 2.24) is 10.2 Å². The second-order valence-electron chi connectivity index (χ2n) is 5.08. The molecule has 2 N–H and O–H groups in total. The van der Waals surface area contributed by atoms with Crippen LogP contribution in [-0.2, 0) is 11.3 Å². The first-order valence-corrected chi connectivity index (χ1v) is 6.99. The lowest BCUT2D eigenvalue weighted by atomic mass is 10.2. The topological polar surface area (TPSA) is 78.9 Å². The quantitative estimate of drug-likeness (QED) is 0.804. The summed E-state index contributed by atoms with van der Waals surface area (Å²) in [6.07, 6.45) is 1.94. The number of nitrogens with zero attached hydrogens (tertiary/aromatic N) is 1. The van der Waals surface area contributed by atoms with Crippen molar-refractivity contribution in [3.05, 3.63) is 29.8 Å². The molecule has 0 heterocycles. The van der Waals surface area contributed by atoms with Crippen molar-refractivity contribution in [2.75, 3.05) is 13.7 Å². The molecule has 2 rings (SSSR count). The molecule has 0 bridgehead atoms. The Bertz CT molecular complexity index is 497. The van der Waals surface area contributed by atoms with Crippen LogP contribution in [0.2, 0.25) is 0 Å². The van der Waals surface area contributed by atoms with E-state index in [4.69, 9.17) is 9.84 Å². The summed E-state index contributed by atoms with van der Waals surface area (Å²) in [6, 6.07) is 7.65. The molecule has 6 nitrogen and oxygen atoms in total.